The van der Waals surface area contributed by atoms with Gasteiger partial charge in [-0.15, -0.1) is 0 Å². The highest BCUT2D eigenvalue weighted by atomic mass is 127. The lowest BCUT2D eigenvalue weighted by Crippen LogP contribution is -2.26. The number of carbonyl (C=O) groups is 1. The van der Waals surface area contributed by atoms with Crippen LogP contribution in [-0.4, -0.2) is 13.0 Å². The largest absolute Gasteiger partial charge is 0.312 e. The molecule has 1 aromatic rings. The van der Waals surface area contributed by atoms with Crippen molar-refractivity contribution in [2.24, 2.45) is 0 Å². The van der Waals surface area contributed by atoms with E-state index in [9.17, 15) is 4.79 Å². The Hall–Kier alpha value is -1.10. The van der Waals surface area contributed by atoms with Gasteiger partial charge < -0.3 is 4.90 Å². The van der Waals surface area contributed by atoms with Gasteiger partial charge in [0.1, 0.15) is 0 Å². The lowest BCUT2D eigenvalue weighted by molar-refractivity contribution is -0.114. The highest BCUT2D eigenvalue weighted by Gasteiger charge is 2.11. The van der Waals surface area contributed by atoms with E-state index in [0.717, 1.165) is 9.27 Å². The number of benzene rings is 1. The van der Waals surface area contributed by atoms with Gasteiger partial charge in [0, 0.05) is 21.9 Å². The van der Waals surface area contributed by atoms with Gasteiger partial charge in [0.15, 0.2) is 0 Å². The molecule has 0 bridgehead atoms. The minimum Gasteiger partial charge on any atom is -0.312 e. The second-order valence-electron chi connectivity index (χ2n) is 3.47. The molecule has 2 nitrogen and oxygen atoms in total. The Kier molecular flexibility index (Phi) is 4.73. The summed E-state index contributed by atoms with van der Waals surface area (Å²) in [7, 11) is 1.77. The van der Waals surface area contributed by atoms with Crippen LogP contribution in [0, 0.1) is 0 Å². The highest BCUT2D eigenvalue weighted by molar-refractivity contribution is 14.1. The van der Waals surface area contributed by atoms with E-state index < -0.39 is 0 Å². The third-order valence-electron chi connectivity index (χ3n) is 2.16. The average molecular weight is 327 g/mol. The number of likely N-dealkylation sites (N-methyl/N-ethyl adjacent to an activating group) is 1. The second kappa shape index (κ2) is 5.84. The molecule has 0 aliphatic rings. The Morgan fingerprint density at radius 2 is 1.94 bits per heavy atom. The molecular weight excluding hydrogens is 313 g/mol. The summed E-state index contributed by atoms with van der Waals surface area (Å²) < 4.78 is 0.852. The zero-order valence-electron chi connectivity index (χ0n) is 9.40. The molecule has 0 radical (unpaired) electrons. The normalized spacial score (nSPS) is 11.1. The molecule has 0 N–H and O–H groups in total. The molecule has 0 fully saturated rings. The van der Waals surface area contributed by atoms with Crippen molar-refractivity contribution in [3.8, 4) is 0 Å². The molecule has 0 unspecified atom stereocenters. The lowest BCUT2D eigenvalue weighted by Gasteiger charge is -2.17. The number of allylic oxidation sites excluding steroid dienone is 2. The SMILES string of the molecule is C=C(I)/C=C(\C)C(=O)N(C)c1ccccc1. The van der Waals surface area contributed by atoms with Crippen molar-refractivity contribution in [1.29, 1.82) is 0 Å². The summed E-state index contributed by atoms with van der Waals surface area (Å²) in [6.45, 7) is 5.55. The molecule has 3 heteroatoms. The molecule has 0 atom stereocenters. The minimum absolute atomic E-state index is 0.0102. The summed E-state index contributed by atoms with van der Waals surface area (Å²) in [4.78, 5) is 13.6. The molecule has 0 saturated carbocycles. The topological polar surface area (TPSA) is 20.3 Å². The summed E-state index contributed by atoms with van der Waals surface area (Å²) in [6.07, 6.45) is 1.78. The first-order valence-electron chi connectivity index (χ1n) is 4.88. The van der Waals surface area contributed by atoms with Crippen LogP contribution in [0.1, 0.15) is 6.92 Å². The number of anilines is 1. The van der Waals surface area contributed by atoms with E-state index in [4.69, 9.17) is 0 Å². The smallest absolute Gasteiger partial charge is 0.253 e. The Morgan fingerprint density at radius 3 is 2.44 bits per heavy atom. The van der Waals surface area contributed by atoms with Crippen molar-refractivity contribution in [3.63, 3.8) is 0 Å². The van der Waals surface area contributed by atoms with E-state index in [1.54, 1.807) is 24.9 Å². The minimum atomic E-state index is -0.0102. The Morgan fingerprint density at radius 1 is 1.38 bits per heavy atom. The molecule has 1 rings (SSSR count). The Bertz CT molecular complexity index is 423. The molecule has 1 aromatic carbocycles. The standard InChI is InChI=1S/C13H14INO/c1-10(9-11(2)14)13(16)15(3)12-7-5-4-6-8-12/h4-9H,2H2,1,3H3/b10-9+. The number of nitrogens with zero attached hydrogens (tertiary/aromatic N) is 1. The fraction of sp³-hybridized carbons (Fsp3) is 0.154. The molecule has 1 amide bonds. The van der Waals surface area contributed by atoms with Crippen molar-refractivity contribution in [3.05, 3.63) is 52.1 Å². The van der Waals surface area contributed by atoms with Crippen molar-refractivity contribution >= 4 is 34.2 Å². The molecular formula is C13H14INO. The van der Waals surface area contributed by atoms with Crippen LogP contribution in [0.2, 0.25) is 0 Å². The van der Waals surface area contributed by atoms with Crippen LogP contribution in [0.4, 0.5) is 5.69 Å². The van der Waals surface area contributed by atoms with Crippen LogP contribution in [0.3, 0.4) is 0 Å². The monoisotopic (exact) mass is 327 g/mol. The van der Waals surface area contributed by atoms with E-state index in [2.05, 4.69) is 29.2 Å². The third-order valence-corrected chi connectivity index (χ3v) is 2.47. The third kappa shape index (κ3) is 3.48. The lowest BCUT2D eigenvalue weighted by atomic mass is 10.2. The van der Waals surface area contributed by atoms with Gasteiger partial charge in [-0.3, -0.25) is 4.79 Å². The Labute approximate surface area is 110 Å². The summed E-state index contributed by atoms with van der Waals surface area (Å²) in [5.41, 5.74) is 1.57. The van der Waals surface area contributed by atoms with Crippen molar-refractivity contribution < 1.29 is 4.79 Å². The van der Waals surface area contributed by atoms with Crippen molar-refractivity contribution in [2.45, 2.75) is 6.92 Å². The van der Waals surface area contributed by atoms with E-state index in [-0.39, 0.29) is 5.91 Å². The second-order valence-corrected chi connectivity index (χ2v) is 4.86. The zero-order chi connectivity index (χ0) is 12.1. The maximum atomic E-state index is 12.0. The fourth-order valence-electron chi connectivity index (χ4n) is 1.33. The van der Waals surface area contributed by atoms with Crippen molar-refractivity contribution in [2.75, 3.05) is 11.9 Å². The highest BCUT2D eigenvalue weighted by Crippen LogP contribution is 2.15. The van der Waals surface area contributed by atoms with E-state index >= 15 is 0 Å². The number of rotatable bonds is 3. The average Bonchev–Trinajstić information content (AvgIpc) is 2.27. The number of para-hydroxylation sites is 1. The maximum Gasteiger partial charge on any atom is 0.253 e. The number of hydrogen-bond acceptors (Lipinski definition) is 1. The summed E-state index contributed by atoms with van der Waals surface area (Å²) in [6, 6.07) is 9.57. The van der Waals surface area contributed by atoms with Gasteiger partial charge in [-0.25, -0.2) is 0 Å². The molecule has 0 aliphatic carbocycles. The molecule has 0 aromatic heterocycles. The molecule has 0 aliphatic heterocycles. The number of halogens is 1. The van der Waals surface area contributed by atoms with E-state index in [1.807, 2.05) is 30.3 Å². The van der Waals surface area contributed by atoms with Crippen LogP contribution < -0.4 is 4.90 Å². The predicted molar refractivity (Wildman–Crippen MR) is 76.8 cm³/mol. The van der Waals surface area contributed by atoms with E-state index in [0.29, 0.717) is 5.57 Å². The Balaban J connectivity index is 2.87. The van der Waals surface area contributed by atoms with Gasteiger partial charge in [0.25, 0.3) is 5.91 Å². The van der Waals surface area contributed by atoms with Gasteiger partial charge in [0.05, 0.1) is 0 Å². The zero-order valence-corrected chi connectivity index (χ0v) is 11.6. The molecule has 0 saturated heterocycles. The molecule has 0 spiro atoms. The molecule has 16 heavy (non-hydrogen) atoms. The first-order chi connectivity index (χ1) is 7.52. The van der Waals surface area contributed by atoms with E-state index in [1.165, 1.54) is 0 Å². The summed E-state index contributed by atoms with van der Waals surface area (Å²) in [5, 5.41) is 0. The first-order valence-corrected chi connectivity index (χ1v) is 5.96. The fourth-order valence-corrected chi connectivity index (χ4v) is 1.80. The number of carbonyl (C=O) groups excluding carboxylic acids is 1. The van der Waals surface area contributed by atoms with Gasteiger partial charge in [-0.05, 0) is 47.7 Å². The summed E-state index contributed by atoms with van der Waals surface area (Å²) >= 11 is 2.09. The van der Waals surface area contributed by atoms with Crippen LogP contribution >= 0.6 is 22.6 Å². The van der Waals surface area contributed by atoms with Gasteiger partial charge >= 0.3 is 0 Å². The summed E-state index contributed by atoms with van der Waals surface area (Å²) in [5.74, 6) is -0.0102. The van der Waals surface area contributed by atoms with Gasteiger partial charge in [-0.2, -0.15) is 0 Å². The first kappa shape index (κ1) is 13.0. The number of hydrogen-bond donors (Lipinski definition) is 0. The van der Waals surface area contributed by atoms with Crippen LogP contribution in [0.5, 0.6) is 0 Å². The molecule has 84 valence electrons. The molecule has 0 heterocycles. The maximum absolute atomic E-state index is 12.0. The number of amides is 1. The quantitative estimate of drug-likeness (QED) is 0.472. The van der Waals surface area contributed by atoms with Crippen LogP contribution in [-0.2, 0) is 4.79 Å². The van der Waals surface area contributed by atoms with Crippen LogP contribution in [0.15, 0.2) is 52.1 Å². The predicted octanol–water partition coefficient (Wildman–Crippen LogP) is 3.54. The van der Waals surface area contributed by atoms with Crippen molar-refractivity contribution in [1.82, 2.24) is 0 Å². The van der Waals surface area contributed by atoms with Gasteiger partial charge in [0.2, 0.25) is 0 Å². The van der Waals surface area contributed by atoms with Crippen LogP contribution in [0.25, 0.3) is 0 Å². The van der Waals surface area contributed by atoms with Gasteiger partial charge in [-0.1, -0.05) is 24.8 Å².